The van der Waals surface area contributed by atoms with Gasteiger partial charge < -0.3 is 9.30 Å². The second-order valence-electron chi connectivity index (χ2n) is 4.16. The normalized spacial score (nSPS) is 14.8. The van der Waals surface area contributed by atoms with Gasteiger partial charge in [-0.25, -0.2) is 0 Å². The van der Waals surface area contributed by atoms with Crippen molar-refractivity contribution in [2.24, 2.45) is 7.05 Å². The molecule has 0 amide bonds. The van der Waals surface area contributed by atoms with Gasteiger partial charge in [0.05, 0.1) is 18.6 Å². The summed E-state index contributed by atoms with van der Waals surface area (Å²) in [6, 6.07) is 3.94. The average Bonchev–Trinajstić information content (AvgIpc) is 2.34. The van der Waals surface area contributed by atoms with Gasteiger partial charge in [-0.2, -0.15) is 0 Å². The number of rotatable bonds is 1. The molecular weight excluding hydrogens is 228 g/mol. The maximum absolute atomic E-state index is 11.8. The van der Waals surface area contributed by atoms with Crippen molar-refractivity contribution in [1.82, 2.24) is 9.55 Å². The van der Waals surface area contributed by atoms with Crippen LogP contribution in [0.3, 0.4) is 0 Å². The lowest BCUT2D eigenvalue weighted by Crippen LogP contribution is -2.26. The van der Waals surface area contributed by atoms with Crippen molar-refractivity contribution in [1.29, 1.82) is 0 Å². The lowest BCUT2D eigenvalue weighted by Gasteiger charge is -2.25. The molecule has 0 spiro atoms. The number of hydrogen-bond donors (Lipinski definition) is 0. The van der Waals surface area contributed by atoms with Crippen molar-refractivity contribution in [3.05, 3.63) is 40.6 Å². The van der Waals surface area contributed by atoms with Crippen molar-refractivity contribution in [2.45, 2.75) is 19.8 Å². The first-order valence-corrected chi connectivity index (χ1v) is 6.29. The quantitative estimate of drug-likeness (QED) is 0.773. The van der Waals surface area contributed by atoms with E-state index in [4.69, 9.17) is 4.74 Å². The summed E-state index contributed by atoms with van der Waals surface area (Å²) < 4.78 is 6.70. The van der Waals surface area contributed by atoms with Gasteiger partial charge in [-0.1, -0.05) is 13.8 Å². The van der Waals surface area contributed by atoms with Crippen molar-refractivity contribution >= 4 is 10.8 Å². The summed E-state index contributed by atoms with van der Waals surface area (Å²) in [6.07, 6.45) is 3.46. The summed E-state index contributed by atoms with van der Waals surface area (Å²) in [4.78, 5) is 16.1. The summed E-state index contributed by atoms with van der Waals surface area (Å²) in [5.41, 5.74) is 1.02. The third-order valence-corrected chi connectivity index (χ3v) is 3.04. The van der Waals surface area contributed by atoms with E-state index < -0.39 is 0 Å². The maximum Gasteiger partial charge on any atom is 0.259 e. The van der Waals surface area contributed by atoms with Gasteiger partial charge in [-0.05, 0) is 17.5 Å². The Morgan fingerprint density at radius 1 is 1.39 bits per heavy atom. The minimum atomic E-state index is 0.00131. The molecule has 4 heteroatoms. The van der Waals surface area contributed by atoms with Crippen LogP contribution >= 0.6 is 0 Å². The predicted molar refractivity (Wildman–Crippen MR) is 71.9 cm³/mol. The molecule has 0 unspecified atom stereocenters. The van der Waals surface area contributed by atoms with Crippen LogP contribution in [0.15, 0.2) is 29.3 Å². The molecule has 1 fully saturated rings. The smallest absolute Gasteiger partial charge is 0.259 e. The first-order chi connectivity index (χ1) is 8.75. The Morgan fingerprint density at radius 2 is 2.11 bits per heavy atom. The molecule has 0 radical (unpaired) electrons. The van der Waals surface area contributed by atoms with Gasteiger partial charge in [0, 0.05) is 31.1 Å². The Balaban J connectivity index is 0.000000574. The van der Waals surface area contributed by atoms with E-state index in [1.165, 1.54) is 0 Å². The highest BCUT2D eigenvalue weighted by atomic mass is 16.5. The fraction of sp³-hybridized carbons (Fsp3) is 0.429. The minimum Gasteiger partial charge on any atom is -0.380 e. The number of hydrogen-bond acceptors (Lipinski definition) is 3. The molecule has 0 N–H and O–H groups in total. The zero-order chi connectivity index (χ0) is 13.1. The van der Waals surface area contributed by atoms with Gasteiger partial charge >= 0.3 is 0 Å². The monoisotopic (exact) mass is 246 g/mol. The molecule has 1 saturated heterocycles. The van der Waals surface area contributed by atoms with Crippen molar-refractivity contribution < 1.29 is 4.74 Å². The molecule has 2 aromatic heterocycles. The van der Waals surface area contributed by atoms with E-state index in [0.717, 1.165) is 24.3 Å². The molecular formula is C14H18N2O2. The molecule has 3 heterocycles. The van der Waals surface area contributed by atoms with E-state index in [-0.39, 0.29) is 5.56 Å². The van der Waals surface area contributed by atoms with E-state index >= 15 is 0 Å². The van der Waals surface area contributed by atoms with E-state index in [1.54, 1.807) is 24.0 Å². The third-order valence-electron chi connectivity index (χ3n) is 3.04. The summed E-state index contributed by atoms with van der Waals surface area (Å²) in [5, 5.41) is 1.63. The number of aromatic nitrogens is 2. The Kier molecular flexibility index (Phi) is 3.77. The Bertz CT molecular complexity index is 600. The highest BCUT2D eigenvalue weighted by Gasteiger charge is 2.22. The number of aryl methyl sites for hydroxylation is 1. The highest BCUT2D eigenvalue weighted by molar-refractivity contribution is 5.80. The molecule has 0 bridgehead atoms. The van der Waals surface area contributed by atoms with Gasteiger partial charge in [0.2, 0.25) is 0 Å². The van der Waals surface area contributed by atoms with Crippen LogP contribution in [0.25, 0.3) is 10.8 Å². The number of ether oxygens (including phenoxy) is 1. The molecule has 0 aromatic carbocycles. The Hall–Kier alpha value is -1.68. The molecule has 3 rings (SSSR count). The van der Waals surface area contributed by atoms with E-state index in [9.17, 15) is 4.79 Å². The summed E-state index contributed by atoms with van der Waals surface area (Å²) in [5.74, 6) is 0.397. The van der Waals surface area contributed by atoms with Crippen LogP contribution in [-0.2, 0) is 11.8 Å². The number of pyridine rings is 2. The summed E-state index contributed by atoms with van der Waals surface area (Å²) in [7, 11) is 1.75. The largest absolute Gasteiger partial charge is 0.380 e. The van der Waals surface area contributed by atoms with Gasteiger partial charge in [0.15, 0.2) is 0 Å². The lowest BCUT2D eigenvalue weighted by atomic mass is 10.0. The first kappa shape index (κ1) is 12.8. The van der Waals surface area contributed by atoms with Crippen LogP contribution in [0.4, 0.5) is 0 Å². The topological polar surface area (TPSA) is 44.1 Å². The standard InChI is InChI=1S/C12H12N2O2.C2H6/c1-14-3-2-8-4-11(9-6-16-7-9)13-5-10(8)12(14)15;1-2/h2-5,9H,6-7H2,1H3;1-2H3. The number of nitrogens with zero attached hydrogens (tertiary/aromatic N) is 2. The molecule has 1 aliphatic rings. The second kappa shape index (κ2) is 5.31. The van der Waals surface area contributed by atoms with Gasteiger partial charge in [-0.15, -0.1) is 0 Å². The fourth-order valence-corrected chi connectivity index (χ4v) is 1.88. The van der Waals surface area contributed by atoms with Gasteiger partial charge in [0.1, 0.15) is 0 Å². The zero-order valence-electron chi connectivity index (χ0n) is 11.0. The van der Waals surface area contributed by atoms with E-state index in [1.807, 2.05) is 26.0 Å². The van der Waals surface area contributed by atoms with Crippen LogP contribution in [-0.4, -0.2) is 22.8 Å². The van der Waals surface area contributed by atoms with E-state index in [0.29, 0.717) is 11.3 Å². The van der Waals surface area contributed by atoms with Crippen LogP contribution < -0.4 is 5.56 Å². The fourth-order valence-electron chi connectivity index (χ4n) is 1.88. The Labute approximate surface area is 106 Å². The zero-order valence-corrected chi connectivity index (χ0v) is 11.0. The molecule has 0 saturated carbocycles. The van der Waals surface area contributed by atoms with Crippen LogP contribution in [0.1, 0.15) is 25.5 Å². The minimum absolute atomic E-state index is 0.00131. The average molecular weight is 246 g/mol. The SMILES string of the molecule is CC.Cn1ccc2cc(C3COC3)ncc2c1=O. The molecule has 0 atom stereocenters. The first-order valence-electron chi connectivity index (χ1n) is 6.29. The van der Waals surface area contributed by atoms with E-state index in [2.05, 4.69) is 4.98 Å². The molecule has 2 aromatic rings. The molecule has 18 heavy (non-hydrogen) atoms. The number of fused-ring (bicyclic) bond motifs is 1. The van der Waals surface area contributed by atoms with Crippen molar-refractivity contribution in [2.75, 3.05) is 13.2 Å². The lowest BCUT2D eigenvalue weighted by molar-refractivity contribution is 0.00678. The summed E-state index contributed by atoms with van der Waals surface area (Å²) >= 11 is 0. The molecule has 96 valence electrons. The van der Waals surface area contributed by atoms with Crippen molar-refractivity contribution in [3.63, 3.8) is 0 Å². The predicted octanol–water partition coefficient (Wildman–Crippen LogP) is 2.07. The molecule has 4 nitrogen and oxygen atoms in total. The maximum atomic E-state index is 11.8. The van der Waals surface area contributed by atoms with Crippen LogP contribution in [0.2, 0.25) is 0 Å². The van der Waals surface area contributed by atoms with Gasteiger partial charge in [0.25, 0.3) is 5.56 Å². The Morgan fingerprint density at radius 3 is 2.72 bits per heavy atom. The van der Waals surface area contributed by atoms with Gasteiger partial charge in [-0.3, -0.25) is 9.78 Å². The molecule has 1 aliphatic heterocycles. The van der Waals surface area contributed by atoms with Crippen LogP contribution in [0.5, 0.6) is 0 Å². The third kappa shape index (κ3) is 2.16. The highest BCUT2D eigenvalue weighted by Crippen LogP contribution is 2.23. The summed E-state index contributed by atoms with van der Waals surface area (Å²) in [6.45, 7) is 5.48. The van der Waals surface area contributed by atoms with Crippen molar-refractivity contribution in [3.8, 4) is 0 Å². The molecule has 0 aliphatic carbocycles. The second-order valence-corrected chi connectivity index (χ2v) is 4.16. The van der Waals surface area contributed by atoms with Crippen LogP contribution in [0, 0.1) is 0 Å².